The highest BCUT2D eigenvalue weighted by atomic mass is 16.2. The van der Waals surface area contributed by atoms with Crippen LogP contribution in [0.3, 0.4) is 0 Å². The van der Waals surface area contributed by atoms with E-state index in [1.165, 1.54) is 0 Å². The van der Waals surface area contributed by atoms with Crippen molar-refractivity contribution in [1.29, 1.82) is 0 Å². The first kappa shape index (κ1) is 19.4. The topological polar surface area (TPSA) is 81.2 Å². The van der Waals surface area contributed by atoms with Crippen molar-refractivity contribution in [3.05, 3.63) is 113 Å². The summed E-state index contributed by atoms with van der Waals surface area (Å²) in [6.45, 7) is 0. The van der Waals surface area contributed by atoms with Crippen molar-refractivity contribution in [1.82, 2.24) is 4.98 Å². The Hall–Kier alpha value is -4.25. The summed E-state index contributed by atoms with van der Waals surface area (Å²) in [6, 6.07) is 22.5. The maximum absolute atomic E-state index is 13.5. The predicted octanol–water partition coefficient (Wildman–Crippen LogP) is 4.71. The van der Waals surface area contributed by atoms with Crippen LogP contribution in [0.4, 0.5) is 0 Å². The van der Waals surface area contributed by atoms with Gasteiger partial charge in [0, 0.05) is 39.8 Å². The molecule has 1 heterocycles. The van der Waals surface area contributed by atoms with Crippen LogP contribution >= 0.6 is 0 Å². The molecule has 2 aliphatic rings. The van der Waals surface area contributed by atoms with Crippen molar-refractivity contribution in [2.24, 2.45) is 11.8 Å². The van der Waals surface area contributed by atoms with Gasteiger partial charge in [-0.2, -0.15) is 0 Å². The first-order valence-corrected chi connectivity index (χ1v) is 10.8. The Labute approximate surface area is 189 Å². The van der Waals surface area contributed by atoms with Gasteiger partial charge < -0.3 is 0 Å². The highest BCUT2D eigenvalue weighted by Gasteiger charge is 2.53. The number of hydrogen-bond acceptors (Lipinski definition) is 5. The molecule has 0 spiro atoms. The van der Waals surface area contributed by atoms with Gasteiger partial charge in [0.05, 0.1) is 17.4 Å². The van der Waals surface area contributed by atoms with Crippen molar-refractivity contribution in [3.8, 4) is 0 Å². The van der Waals surface area contributed by atoms with Gasteiger partial charge in [-0.25, -0.2) is 0 Å². The molecule has 0 bridgehead atoms. The van der Waals surface area contributed by atoms with Crippen LogP contribution in [-0.4, -0.2) is 28.1 Å². The summed E-state index contributed by atoms with van der Waals surface area (Å²) >= 11 is 0. The van der Waals surface area contributed by atoms with Crippen LogP contribution in [0.25, 0.3) is 10.9 Å². The number of nitrogens with zero attached hydrogens (tertiary/aromatic N) is 1. The van der Waals surface area contributed by atoms with Crippen molar-refractivity contribution < 1.29 is 19.2 Å². The number of benzene rings is 3. The molecule has 6 rings (SSSR count). The Morgan fingerprint density at radius 1 is 0.545 bits per heavy atom. The summed E-state index contributed by atoms with van der Waals surface area (Å²) in [7, 11) is 0. The normalized spacial score (nSPS) is 16.2. The number of pyridine rings is 1. The largest absolute Gasteiger partial charge is 0.293 e. The molecule has 1 aromatic heterocycles. The molecule has 33 heavy (non-hydrogen) atoms. The average Bonchev–Trinajstić information content (AvgIpc) is 3.26. The molecule has 0 unspecified atom stereocenters. The fraction of sp³-hybridized carbons (Fsp3) is 0.107. The lowest BCUT2D eigenvalue weighted by Crippen LogP contribution is -2.35. The van der Waals surface area contributed by atoms with E-state index in [4.69, 9.17) is 0 Å². The molecule has 5 heteroatoms. The Morgan fingerprint density at radius 2 is 0.970 bits per heavy atom. The minimum atomic E-state index is -1.15. The first-order valence-electron chi connectivity index (χ1n) is 10.8. The first-order chi connectivity index (χ1) is 16.1. The molecule has 0 amide bonds. The third-order valence-electron chi connectivity index (χ3n) is 6.81. The maximum atomic E-state index is 13.5. The van der Waals surface area contributed by atoms with Gasteiger partial charge in [0.1, 0.15) is 0 Å². The maximum Gasteiger partial charge on any atom is 0.175 e. The molecule has 3 aromatic carbocycles. The smallest absolute Gasteiger partial charge is 0.175 e. The fourth-order valence-electron chi connectivity index (χ4n) is 5.35. The lowest BCUT2D eigenvalue weighted by atomic mass is 9.72. The lowest BCUT2D eigenvalue weighted by molar-refractivity contribution is 0.0729. The van der Waals surface area contributed by atoms with Gasteiger partial charge in [0.15, 0.2) is 23.1 Å². The van der Waals surface area contributed by atoms with E-state index in [0.29, 0.717) is 33.3 Å². The van der Waals surface area contributed by atoms with Crippen LogP contribution in [0.5, 0.6) is 0 Å². The van der Waals surface area contributed by atoms with Gasteiger partial charge in [0.25, 0.3) is 0 Å². The van der Waals surface area contributed by atoms with Gasteiger partial charge in [-0.15, -0.1) is 0 Å². The zero-order valence-corrected chi connectivity index (χ0v) is 17.4. The molecule has 4 aromatic rings. The quantitative estimate of drug-likeness (QED) is 0.439. The third-order valence-corrected chi connectivity index (χ3v) is 6.81. The molecule has 0 radical (unpaired) electrons. The Kier molecular flexibility index (Phi) is 4.20. The van der Waals surface area contributed by atoms with E-state index in [0.717, 1.165) is 5.39 Å². The zero-order valence-electron chi connectivity index (χ0n) is 17.4. The summed E-state index contributed by atoms with van der Waals surface area (Å²) in [6.07, 6.45) is 1.60. The summed E-state index contributed by atoms with van der Waals surface area (Å²) in [5, 5.41) is 0.720. The van der Waals surface area contributed by atoms with Gasteiger partial charge in [-0.1, -0.05) is 66.7 Å². The standard InChI is InChI=1S/C28H17NO4/c30-25-17-8-1-2-9-18(17)26(31)23(25)22(16-13-14-29-21-12-6-5-7-15(16)21)24-27(32)19-10-3-4-11-20(19)28(24)33/h1-14,22-24H. The molecule has 158 valence electrons. The molecule has 0 atom stereocenters. The summed E-state index contributed by atoms with van der Waals surface area (Å²) in [5.74, 6) is -4.63. The minimum Gasteiger partial charge on any atom is -0.293 e. The van der Waals surface area contributed by atoms with E-state index in [9.17, 15) is 19.2 Å². The summed E-state index contributed by atoms with van der Waals surface area (Å²) in [5.41, 5.74) is 2.64. The van der Waals surface area contributed by atoms with Gasteiger partial charge >= 0.3 is 0 Å². The lowest BCUT2D eigenvalue weighted by Gasteiger charge is -2.27. The minimum absolute atomic E-state index is 0.339. The predicted molar refractivity (Wildman–Crippen MR) is 122 cm³/mol. The van der Waals surface area contributed by atoms with Gasteiger partial charge in [0.2, 0.25) is 0 Å². The van der Waals surface area contributed by atoms with Crippen LogP contribution in [-0.2, 0) is 0 Å². The Morgan fingerprint density at radius 3 is 1.45 bits per heavy atom. The summed E-state index contributed by atoms with van der Waals surface area (Å²) in [4.78, 5) is 58.6. The van der Waals surface area contributed by atoms with Crippen molar-refractivity contribution in [2.75, 3.05) is 0 Å². The SMILES string of the molecule is O=C1c2ccccc2C(=O)C1C(c1ccnc2ccccc12)C1C(=O)c2ccccc2C1=O. The number of rotatable bonds is 3. The van der Waals surface area contributed by atoms with E-state index >= 15 is 0 Å². The number of fused-ring (bicyclic) bond motifs is 3. The Balaban J connectivity index is 1.60. The van der Waals surface area contributed by atoms with E-state index in [1.54, 1.807) is 60.8 Å². The van der Waals surface area contributed by atoms with Gasteiger partial charge in [-0.05, 0) is 17.7 Å². The number of carbonyl (C=O) groups excluding carboxylic acids is 4. The Bertz CT molecular complexity index is 1370. The van der Waals surface area contributed by atoms with E-state index in [1.807, 2.05) is 24.3 Å². The number of ketones is 4. The average molecular weight is 431 g/mol. The van der Waals surface area contributed by atoms with Crippen LogP contribution in [0, 0.1) is 11.8 Å². The molecule has 0 N–H and O–H groups in total. The fourth-order valence-corrected chi connectivity index (χ4v) is 5.35. The molecule has 0 saturated heterocycles. The molecular weight excluding hydrogens is 414 g/mol. The molecule has 0 fully saturated rings. The second kappa shape index (κ2) is 7.14. The van der Waals surface area contributed by atoms with Crippen molar-refractivity contribution >= 4 is 34.0 Å². The van der Waals surface area contributed by atoms with Crippen LogP contribution < -0.4 is 0 Å². The van der Waals surface area contributed by atoms with Crippen LogP contribution in [0.2, 0.25) is 0 Å². The number of para-hydroxylation sites is 1. The molecule has 0 saturated carbocycles. The molecule has 2 aliphatic carbocycles. The highest BCUT2D eigenvalue weighted by Crippen LogP contribution is 2.47. The van der Waals surface area contributed by atoms with E-state index in [-0.39, 0.29) is 23.1 Å². The zero-order chi connectivity index (χ0) is 22.7. The monoisotopic (exact) mass is 431 g/mol. The second-order valence-corrected chi connectivity index (χ2v) is 8.45. The molecule has 5 nitrogen and oxygen atoms in total. The number of aromatic nitrogens is 1. The van der Waals surface area contributed by atoms with E-state index in [2.05, 4.69) is 4.98 Å². The summed E-state index contributed by atoms with van der Waals surface area (Å²) < 4.78 is 0. The van der Waals surface area contributed by atoms with Crippen molar-refractivity contribution in [3.63, 3.8) is 0 Å². The highest BCUT2D eigenvalue weighted by molar-refractivity contribution is 6.30. The second-order valence-electron chi connectivity index (χ2n) is 8.45. The molecule has 0 aliphatic heterocycles. The number of carbonyl (C=O) groups is 4. The molecular formula is C28H17NO4. The van der Waals surface area contributed by atoms with Crippen molar-refractivity contribution in [2.45, 2.75) is 5.92 Å². The van der Waals surface area contributed by atoms with Crippen LogP contribution in [0.15, 0.2) is 85.1 Å². The number of hydrogen-bond donors (Lipinski definition) is 0. The van der Waals surface area contributed by atoms with Gasteiger partial charge in [-0.3, -0.25) is 24.2 Å². The third kappa shape index (κ3) is 2.69. The van der Waals surface area contributed by atoms with E-state index < -0.39 is 17.8 Å². The number of Topliss-reactive ketones (excluding diaryl/α,β-unsaturated/α-hetero) is 4. The van der Waals surface area contributed by atoms with Crippen LogP contribution in [0.1, 0.15) is 52.9 Å².